The zero-order valence-corrected chi connectivity index (χ0v) is 28.1. The summed E-state index contributed by atoms with van der Waals surface area (Å²) in [5.74, 6) is 0.220. The summed E-state index contributed by atoms with van der Waals surface area (Å²) in [6.45, 7) is 5.98. The second-order valence-corrected chi connectivity index (χ2v) is 15.1. The maximum absolute atomic E-state index is 13.6. The van der Waals surface area contributed by atoms with E-state index in [1.54, 1.807) is 13.8 Å². The fourth-order valence-corrected chi connectivity index (χ4v) is 8.88. The number of aryl methyl sites for hydroxylation is 1. The van der Waals surface area contributed by atoms with Crippen LogP contribution in [-0.2, 0) is 6.54 Å². The number of aliphatic hydroxyl groups excluding tert-OH is 1. The Labute approximate surface area is 270 Å². The summed E-state index contributed by atoms with van der Waals surface area (Å²) >= 11 is 2.60. The van der Waals surface area contributed by atoms with Crippen LogP contribution in [0.15, 0.2) is 123 Å². The molecule has 0 radical (unpaired) electrons. The molecule has 0 aliphatic carbocycles. The molecule has 232 valence electrons. The predicted molar refractivity (Wildman–Crippen MR) is 185 cm³/mol. The van der Waals surface area contributed by atoms with Gasteiger partial charge in [-0.05, 0) is 38.6 Å². The molecule has 3 aromatic carbocycles. The molecule has 0 bridgehead atoms. The largest absolute Gasteiger partial charge is 0.491 e. The summed E-state index contributed by atoms with van der Waals surface area (Å²) in [5, 5.41) is 33.5. The summed E-state index contributed by atoms with van der Waals surface area (Å²) in [4.78, 5) is 13.6. The van der Waals surface area contributed by atoms with E-state index in [4.69, 9.17) is 5.10 Å². The number of hydrogen-bond donors (Lipinski definition) is 3. The van der Waals surface area contributed by atoms with Gasteiger partial charge in [-0.1, -0.05) is 115 Å². The Morgan fingerprint density at radius 2 is 1.51 bits per heavy atom. The molecule has 0 fully saturated rings. The van der Waals surface area contributed by atoms with Crippen molar-refractivity contribution in [1.82, 2.24) is 30.7 Å². The van der Waals surface area contributed by atoms with E-state index < -0.39 is 12.6 Å². The van der Waals surface area contributed by atoms with Gasteiger partial charge in [-0.25, -0.2) is 4.33 Å². The standard InChI is InChI=1S/C31H34N9O2PS2/c1-22-27(41)39(30(44-4)34-32-22)36-29(37-40-28(42)23(2)33-35-31(40)45-5)38(21-24-15-9-6-10-16-24)43(3,25-17-11-7-12-18-25)26-19-13-8-14-20-26/h6-20H,21H2,1-5H3,(H2-,32,33,36,37,41,42)/p+1. The fourth-order valence-electron chi connectivity index (χ4n) is 4.74. The fraction of sp³-hybridized carbons (Fsp3) is 0.194. The van der Waals surface area contributed by atoms with Crippen molar-refractivity contribution in [3.8, 4) is 0 Å². The summed E-state index contributed by atoms with van der Waals surface area (Å²) in [6.07, 6.45) is 3.68. The molecule has 0 saturated carbocycles. The van der Waals surface area contributed by atoms with Gasteiger partial charge in [0.15, 0.2) is 0 Å². The van der Waals surface area contributed by atoms with E-state index in [1.165, 1.54) is 33.2 Å². The van der Waals surface area contributed by atoms with Crippen LogP contribution < -0.4 is 27.0 Å². The van der Waals surface area contributed by atoms with Gasteiger partial charge >= 0.3 is 11.5 Å². The number of hydrazone groups is 1. The molecule has 0 unspecified atom stereocenters. The zero-order valence-electron chi connectivity index (χ0n) is 25.6. The number of aliphatic hydroxyl groups is 1. The van der Waals surface area contributed by atoms with Gasteiger partial charge in [0, 0.05) is 15.7 Å². The molecule has 5 rings (SSSR count). The molecular weight excluding hydrogens is 626 g/mol. The Morgan fingerprint density at radius 1 is 0.933 bits per heavy atom. The number of nitrogens with one attached hydrogen (secondary N) is 2. The number of nitrogens with zero attached hydrogens (tertiary/aromatic N) is 7. The maximum atomic E-state index is 13.6. The molecule has 1 aromatic heterocycles. The van der Waals surface area contributed by atoms with Crippen molar-refractivity contribution in [2.24, 2.45) is 10.2 Å². The molecule has 14 heteroatoms. The van der Waals surface area contributed by atoms with Gasteiger partial charge in [-0.2, -0.15) is 5.43 Å². The molecule has 2 heterocycles. The average molecular weight is 661 g/mol. The van der Waals surface area contributed by atoms with Crippen molar-refractivity contribution in [2.45, 2.75) is 25.5 Å². The molecule has 4 aromatic rings. The number of hydrogen-bond acceptors (Lipinski definition) is 10. The highest BCUT2D eigenvalue weighted by molar-refractivity contribution is 8.13. The molecule has 1 aliphatic heterocycles. The van der Waals surface area contributed by atoms with Crippen LogP contribution in [-0.4, -0.2) is 59.6 Å². The van der Waals surface area contributed by atoms with Crippen LogP contribution in [0.5, 0.6) is 0 Å². The first kappa shape index (κ1) is 32.1. The maximum Gasteiger partial charge on any atom is 0.434 e. The lowest BCUT2D eigenvalue weighted by atomic mass is 10.2. The SMILES string of the molecule is CSC1=NNC(C)=C(O)N1N/C(=N\n1c(SC)nnc(C)c1=O)[N+](Cc1ccccc1)=P(C)(c1ccccc1)c1ccccc1. The number of aromatic nitrogens is 3. The van der Waals surface area contributed by atoms with E-state index >= 15 is 0 Å². The van der Waals surface area contributed by atoms with Crippen LogP contribution in [0, 0.1) is 6.92 Å². The molecule has 11 nitrogen and oxygen atoms in total. The quantitative estimate of drug-likeness (QED) is 0.115. The average Bonchev–Trinajstić information content (AvgIpc) is 3.08. The minimum atomic E-state index is -2.53. The molecular formula is C31H35N9O2PS2+. The number of hydrazine groups is 1. The first-order valence-corrected chi connectivity index (χ1v) is 18.6. The Balaban J connectivity index is 1.93. The molecule has 45 heavy (non-hydrogen) atoms. The molecule has 0 atom stereocenters. The normalized spacial score (nSPS) is 13.8. The van der Waals surface area contributed by atoms with E-state index in [1.807, 2.05) is 67.1 Å². The highest BCUT2D eigenvalue weighted by Gasteiger charge is 2.35. The van der Waals surface area contributed by atoms with Gasteiger partial charge < -0.3 is 5.11 Å². The minimum Gasteiger partial charge on any atom is -0.491 e. The number of guanidine groups is 1. The van der Waals surface area contributed by atoms with Gasteiger partial charge in [0.05, 0.1) is 19.3 Å². The zero-order chi connectivity index (χ0) is 32.0. The number of allylic oxidation sites excluding steroid dienone is 1. The van der Waals surface area contributed by atoms with Crippen molar-refractivity contribution < 1.29 is 9.43 Å². The smallest absolute Gasteiger partial charge is 0.434 e. The number of rotatable bonds is 7. The Morgan fingerprint density at radius 3 is 2.07 bits per heavy atom. The van der Waals surface area contributed by atoms with Crippen LogP contribution in [0.25, 0.3) is 0 Å². The summed E-state index contributed by atoms with van der Waals surface area (Å²) in [7, 11) is -2.53. The van der Waals surface area contributed by atoms with Gasteiger partial charge in [0.2, 0.25) is 16.2 Å². The van der Waals surface area contributed by atoms with Crippen LogP contribution in [0.4, 0.5) is 0 Å². The number of thioether (sulfide) groups is 2. The van der Waals surface area contributed by atoms with E-state index in [0.29, 0.717) is 28.5 Å². The van der Waals surface area contributed by atoms with Gasteiger partial charge in [0.25, 0.3) is 0 Å². The van der Waals surface area contributed by atoms with Crippen molar-refractivity contribution >= 4 is 52.3 Å². The van der Waals surface area contributed by atoms with E-state index in [0.717, 1.165) is 16.2 Å². The van der Waals surface area contributed by atoms with Gasteiger partial charge in [-0.3, -0.25) is 10.2 Å². The molecule has 1 aliphatic rings. The number of benzene rings is 3. The summed E-state index contributed by atoms with van der Waals surface area (Å²) < 4.78 is 3.46. The summed E-state index contributed by atoms with van der Waals surface area (Å²) in [5.41, 5.74) is 7.52. The molecule has 0 amide bonds. The van der Waals surface area contributed by atoms with Crippen LogP contribution in [0.2, 0.25) is 0 Å². The second-order valence-electron chi connectivity index (χ2n) is 10.1. The summed E-state index contributed by atoms with van der Waals surface area (Å²) in [6, 6.07) is 30.7. The van der Waals surface area contributed by atoms with Crippen LogP contribution in [0.3, 0.4) is 0 Å². The van der Waals surface area contributed by atoms with Crippen molar-refractivity contribution in [2.75, 3.05) is 19.2 Å². The first-order valence-electron chi connectivity index (χ1n) is 14.0. The highest BCUT2D eigenvalue weighted by atomic mass is 32.2. The van der Waals surface area contributed by atoms with E-state index in [2.05, 4.69) is 73.5 Å². The number of amidine groups is 1. The lowest BCUT2D eigenvalue weighted by Gasteiger charge is -2.30. The van der Waals surface area contributed by atoms with Crippen molar-refractivity contribution in [3.63, 3.8) is 0 Å². The Kier molecular flexibility index (Phi) is 10.1. The topological polar surface area (TPSA) is 123 Å². The second kappa shape index (κ2) is 14.2. The lowest BCUT2D eigenvalue weighted by Crippen LogP contribution is -2.52. The van der Waals surface area contributed by atoms with Crippen molar-refractivity contribution in [1.29, 1.82) is 0 Å². The Bertz CT molecular complexity index is 1840. The van der Waals surface area contributed by atoms with Gasteiger partial charge in [0.1, 0.15) is 5.69 Å². The van der Waals surface area contributed by atoms with Crippen LogP contribution >= 0.6 is 30.6 Å². The van der Waals surface area contributed by atoms with Crippen LogP contribution in [0.1, 0.15) is 18.2 Å². The molecule has 3 N–H and O–H groups in total. The third-order valence-electron chi connectivity index (χ3n) is 7.22. The molecule has 0 spiro atoms. The van der Waals surface area contributed by atoms with Gasteiger partial charge in [-0.15, -0.1) is 25.0 Å². The third kappa shape index (κ3) is 6.70. The lowest BCUT2D eigenvalue weighted by molar-refractivity contribution is -0.410. The van der Waals surface area contributed by atoms with Crippen molar-refractivity contribution in [3.05, 3.63) is 124 Å². The molecule has 0 saturated heterocycles. The Hall–Kier alpha value is -4.32. The third-order valence-corrected chi connectivity index (χ3v) is 12.4. The van der Waals surface area contributed by atoms with E-state index in [9.17, 15) is 9.90 Å². The predicted octanol–water partition coefficient (Wildman–Crippen LogP) is 4.27. The first-order chi connectivity index (χ1) is 21.8. The highest BCUT2D eigenvalue weighted by Crippen LogP contribution is 2.43. The minimum absolute atomic E-state index is 0.0809. The van der Waals surface area contributed by atoms with E-state index in [-0.39, 0.29) is 11.6 Å². The monoisotopic (exact) mass is 660 g/mol.